The molecule has 3 aliphatic rings. The second-order valence-electron chi connectivity index (χ2n) is 8.10. The summed E-state index contributed by atoms with van der Waals surface area (Å²) in [6, 6.07) is -0.886. The van der Waals surface area contributed by atoms with Gasteiger partial charge in [0, 0.05) is 24.5 Å². The molecule has 3 heterocycles. The lowest BCUT2D eigenvalue weighted by Crippen LogP contribution is -2.57. The molecule has 2 bridgehead atoms. The van der Waals surface area contributed by atoms with Crippen LogP contribution in [0.1, 0.15) is 33.1 Å². The van der Waals surface area contributed by atoms with E-state index in [0.717, 1.165) is 12.8 Å². The average Bonchev–Trinajstić information content (AvgIpc) is 3.29. The Bertz CT molecular complexity index is 703. The number of rotatable bonds is 10. The van der Waals surface area contributed by atoms with Gasteiger partial charge in [-0.2, -0.15) is 0 Å². The normalized spacial score (nSPS) is 34.2. The second kappa shape index (κ2) is 9.36. The van der Waals surface area contributed by atoms with E-state index in [4.69, 9.17) is 9.47 Å². The topological polar surface area (TPSA) is 96.4 Å². The smallest absolute Gasteiger partial charge is 0.312 e. The summed E-state index contributed by atoms with van der Waals surface area (Å²) >= 11 is 3.60. The van der Waals surface area contributed by atoms with Crippen LogP contribution in [-0.2, 0) is 23.9 Å². The number of β-amino-alcohol motifs (C(OH)–C–C–N with tert-alkyl or cyclic N) is 1. The minimum atomic E-state index is -1.11. The fourth-order valence-electron chi connectivity index (χ4n) is 5.23. The Morgan fingerprint density at radius 3 is 2.80 bits per heavy atom. The zero-order valence-electron chi connectivity index (χ0n) is 17.6. The number of aliphatic hydroxyl groups excluding tert-OH is 1. The molecule has 0 saturated carbocycles. The summed E-state index contributed by atoms with van der Waals surface area (Å²) < 4.78 is 11.6. The minimum Gasteiger partial charge on any atom is -0.466 e. The predicted octanol–water partition coefficient (Wildman–Crippen LogP) is 1.10. The lowest BCUT2D eigenvalue weighted by atomic mass is 9.70. The number of amides is 2. The molecule has 1 spiro atoms. The number of aliphatic hydroxyl groups is 1. The Morgan fingerprint density at radius 2 is 2.20 bits per heavy atom. The lowest BCUT2D eigenvalue weighted by Gasteiger charge is -2.37. The summed E-state index contributed by atoms with van der Waals surface area (Å²) in [6.45, 7) is 8.36. The highest BCUT2D eigenvalue weighted by atomic mass is 79.9. The van der Waals surface area contributed by atoms with E-state index >= 15 is 0 Å². The molecule has 0 aromatic rings. The van der Waals surface area contributed by atoms with E-state index < -0.39 is 35.6 Å². The first-order valence-corrected chi connectivity index (χ1v) is 11.6. The second-order valence-corrected chi connectivity index (χ2v) is 9.27. The van der Waals surface area contributed by atoms with Crippen LogP contribution in [0.5, 0.6) is 0 Å². The standard InChI is InChI=1S/C21H31BrN2O6/c1-4-7-9-23(8-5-2)19(27)17-21-12-13(22)16(30-21)14(20(28)29-6-3)15(21)18(26)24(17)10-11-25/h5,13-17,25H,2,4,6-12H2,1,3H3/t13?,14-,15+,16-,17-,21+/m0/s1. The molecule has 3 fully saturated rings. The van der Waals surface area contributed by atoms with Crippen LogP contribution < -0.4 is 0 Å². The van der Waals surface area contributed by atoms with Crippen molar-refractivity contribution in [3.05, 3.63) is 12.7 Å². The molecular weight excluding hydrogens is 456 g/mol. The quantitative estimate of drug-likeness (QED) is 0.282. The number of likely N-dealkylation sites (tertiary alicyclic amines) is 1. The summed E-state index contributed by atoms with van der Waals surface area (Å²) in [5.41, 5.74) is -1.11. The van der Waals surface area contributed by atoms with Gasteiger partial charge in [0.2, 0.25) is 11.8 Å². The molecule has 168 valence electrons. The number of halogens is 1. The molecule has 1 N–H and O–H groups in total. The highest BCUT2D eigenvalue weighted by Crippen LogP contribution is 2.60. The maximum atomic E-state index is 13.7. The van der Waals surface area contributed by atoms with E-state index in [0.29, 0.717) is 19.5 Å². The lowest BCUT2D eigenvalue weighted by molar-refractivity contribution is -0.155. The molecule has 0 aliphatic carbocycles. The zero-order chi connectivity index (χ0) is 22.1. The monoisotopic (exact) mass is 486 g/mol. The van der Waals surface area contributed by atoms with Crippen molar-refractivity contribution in [2.24, 2.45) is 11.8 Å². The van der Waals surface area contributed by atoms with Crippen molar-refractivity contribution >= 4 is 33.7 Å². The van der Waals surface area contributed by atoms with Gasteiger partial charge in [-0.05, 0) is 19.8 Å². The van der Waals surface area contributed by atoms with Gasteiger partial charge in [0.05, 0.1) is 31.2 Å². The van der Waals surface area contributed by atoms with Gasteiger partial charge >= 0.3 is 5.97 Å². The molecule has 8 nitrogen and oxygen atoms in total. The van der Waals surface area contributed by atoms with Crippen LogP contribution >= 0.6 is 15.9 Å². The van der Waals surface area contributed by atoms with Gasteiger partial charge in [-0.1, -0.05) is 35.4 Å². The highest BCUT2D eigenvalue weighted by Gasteiger charge is 2.77. The van der Waals surface area contributed by atoms with Gasteiger partial charge < -0.3 is 24.4 Å². The van der Waals surface area contributed by atoms with Crippen molar-refractivity contribution in [1.29, 1.82) is 0 Å². The molecule has 3 aliphatic heterocycles. The third kappa shape index (κ3) is 3.58. The molecule has 3 saturated heterocycles. The van der Waals surface area contributed by atoms with Crippen molar-refractivity contribution in [2.45, 2.75) is 55.7 Å². The fraction of sp³-hybridized carbons (Fsp3) is 0.762. The number of ether oxygens (including phenoxy) is 2. The largest absolute Gasteiger partial charge is 0.466 e. The maximum absolute atomic E-state index is 13.7. The maximum Gasteiger partial charge on any atom is 0.312 e. The van der Waals surface area contributed by atoms with E-state index in [1.165, 1.54) is 4.90 Å². The van der Waals surface area contributed by atoms with Crippen molar-refractivity contribution in [3.8, 4) is 0 Å². The van der Waals surface area contributed by atoms with E-state index in [1.807, 2.05) is 6.92 Å². The summed E-state index contributed by atoms with van der Waals surface area (Å²) in [6.07, 6.45) is 3.33. The van der Waals surface area contributed by atoms with Crippen molar-refractivity contribution < 1.29 is 29.0 Å². The highest BCUT2D eigenvalue weighted by molar-refractivity contribution is 9.09. The van der Waals surface area contributed by atoms with Crippen LogP contribution in [0.3, 0.4) is 0 Å². The van der Waals surface area contributed by atoms with Crippen molar-refractivity contribution in [1.82, 2.24) is 9.80 Å². The fourth-order valence-corrected chi connectivity index (χ4v) is 6.18. The van der Waals surface area contributed by atoms with Gasteiger partial charge in [0.15, 0.2) is 0 Å². The van der Waals surface area contributed by atoms with Crippen LogP contribution in [-0.4, -0.2) is 88.1 Å². The summed E-state index contributed by atoms with van der Waals surface area (Å²) in [4.78, 5) is 42.8. The van der Waals surface area contributed by atoms with Crippen molar-refractivity contribution in [2.75, 3.05) is 32.8 Å². The van der Waals surface area contributed by atoms with E-state index in [-0.39, 0.29) is 36.4 Å². The molecule has 3 rings (SSSR count). The molecule has 1 unspecified atom stereocenters. The van der Waals surface area contributed by atoms with Crippen LogP contribution in [0.25, 0.3) is 0 Å². The Kier molecular flexibility index (Phi) is 7.24. The zero-order valence-corrected chi connectivity index (χ0v) is 19.2. The Morgan fingerprint density at radius 1 is 1.47 bits per heavy atom. The first-order valence-electron chi connectivity index (χ1n) is 10.7. The number of fused-ring (bicyclic) bond motifs is 1. The van der Waals surface area contributed by atoms with Crippen LogP contribution in [0.4, 0.5) is 0 Å². The molecular formula is C21H31BrN2O6. The van der Waals surface area contributed by atoms with Gasteiger partial charge in [0.1, 0.15) is 11.6 Å². The Labute approximate surface area is 185 Å². The minimum absolute atomic E-state index is 0.0136. The Balaban J connectivity index is 2.01. The third-order valence-corrected chi connectivity index (χ3v) is 7.21. The number of carbonyl (C=O) groups excluding carboxylic acids is 3. The van der Waals surface area contributed by atoms with E-state index in [1.54, 1.807) is 17.9 Å². The number of nitrogens with zero attached hydrogens (tertiary/aromatic N) is 2. The molecule has 0 aromatic heterocycles. The summed E-state index contributed by atoms with van der Waals surface area (Å²) in [5.74, 6) is -2.57. The van der Waals surface area contributed by atoms with Gasteiger partial charge in [-0.15, -0.1) is 6.58 Å². The molecule has 2 amide bonds. The predicted molar refractivity (Wildman–Crippen MR) is 113 cm³/mol. The van der Waals surface area contributed by atoms with E-state index in [9.17, 15) is 19.5 Å². The van der Waals surface area contributed by atoms with Gasteiger partial charge in [-0.3, -0.25) is 14.4 Å². The summed E-state index contributed by atoms with van der Waals surface area (Å²) in [7, 11) is 0. The molecule has 0 aromatic carbocycles. The van der Waals surface area contributed by atoms with Crippen molar-refractivity contribution in [3.63, 3.8) is 0 Å². The number of hydrogen-bond donors (Lipinski definition) is 1. The molecule has 0 radical (unpaired) electrons. The Hall–Kier alpha value is -1.45. The number of esters is 1. The molecule has 30 heavy (non-hydrogen) atoms. The first kappa shape index (κ1) is 23.2. The number of hydrogen-bond acceptors (Lipinski definition) is 6. The van der Waals surface area contributed by atoms with Gasteiger partial charge in [0.25, 0.3) is 0 Å². The number of carbonyl (C=O) groups is 3. The van der Waals surface area contributed by atoms with Gasteiger partial charge in [-0.25, -0.2) is 0 Å². The SMILES string of the molecule is C=CCN(CCCC)C(=O)[C@@H]1N(CCO)C(=O)[C@H]2[C@H](C(=O)OCC)[C@H]3O[C@@]12CC3Br. The molecule has 6 atom stereocenters. The number of unbranched alkanes of at least 4 members (excludes halogenated alkanes) is 1. The van der Waals surface area contributed by atoms with Crippen LogP contribution in [0.2, 0.25) is 0 Å². The van der Waals surface area contributed by atoms with Crippen LogP contribution in [0.15, 0.2) is 12.7 Å². The number of alkyl halides is 1. The summed E-state index contributed by atoms with van der Waals surface area (Å²) in [5, 5.41) is 9.59. The average molecular weight is 487 g/mol. The first-order chi connectivity index (χ1) is 14.4. The van der Waals surface area contributed by atoms with E-state index in [2.05, 4.69) is 22.5 Å². The third-order valence-electron chi connectivity index (χ3n) is 6.37. The molecule has 9 heteroatoms. The van der Waals surface area contributed by atoms with Crippen LogP contribution in [0, 0.1) is 11.8 Å².